The van der Waals surface area contributed by atoms with Gasteiger partial charge in [0.25, 0.3) is 0 Å². The van der Waals surface area contributed by atoms with Gasteiger partial charge >= 0.3 is 0 Å². The molecule has 5 nitrogen and oxygen atoms in total. The molecule has 1 heterocycles. The first-order chi connectivity index (χ1) is 4.22. The molecule has 1 aromatic rings. The zero-order valence-electron chi connectivity index (χ0n) is 4.27. The molecule has 1 rings (SSSR count). The van der Waals surface area contributed by atoms with Crippen molar-refractivity contribution < 1.29 is 5.03 Å². The fraction of sp³-hybridized carbons (Fsp3) is 0. The maximum atomic E-state index is 9.96. The van der Waals surface area contributed by atoms with Gasteiger partial charge in [-0.3, -0.25) is 0 Å². The summed E-state index contributed by atoms with van der Waals surface area (Å²) >= 11 is 4.53. The van der Waals surface area contributed by atoms with E-state index in [2.05, 4.69) is 17.2 Å². The third-order valence-corrected chi connectivity index (χ3v) is 1.11. The monoisotopic (exact) mass is 145 g/mol. The number of nitrogens with one attached hydrogen (secondary N) is 1. The molecule has 0 aliphatic carbocycles. The molecule has 0 aromatic carbocycles. The van der Waals surface area contributed by atoms with Crippen LogP contribution in [0.15, 0.2) is 12.4 Å². The highest BCUT2D eigenvalue weighted by atomic mass is 32.1. The molecule has 0 spiro atoms. The van der Waals surface area contributed by atoms with Gasteiger partial charge in [-0.2, -0.15) is 0 Å². The zero-order chi connectivity index (χ0) is 6.85. The van der Waals surface area contributed by atoms with E-state index in [4.69, 9.17) is 0 Å². The fourth-order valence-corrected chi connectivity index (χ4v) is 0.637. The van der Waals surface area contributed by atoms with Gasteiger partial charge in [0.1, 0.15) is 0 Å². The highest BCUT2D eigenvalue weighted by Crippen LogP contribution is 1.86. The van der Waals surface area contributed by atoms with Crippen molar-refractivity contribution in [2.75, 3.05) is 0 Å². The minimum absolute atomic E-state index is 0.0972. The molecule has 48 valence electrons. The Balaban J connectivity index is 3.24. The lowest BCUT2D eigenvalue weighted by molar-refractivity contribution is -0.543. The average molecular weight is 145 g/mol. The lowest BCUT2D eigenvalue weighted by atomic mass is 11.0. The van der Waals surface area contributed by atoms with Crippen LogP contribution in [0.1, 0.15) is 0 Å². The Bertz CT molecular complexity index is 275. The normalized spacial score (nSPS) is 9.33. The van der Waals surface area contributed by atoms with Crippen LogP contribution < -0.4 is 0 Å². The van der Waals surface area contributed by atoms with Crippen LogP contribution >= 0.6 is 12.2 Å². The second-order valence-electron chi connectivity index (χ2n) is 1.35. The highest BCUT2D eigenvalue weighted by molar-refractivity contribution is 7.71. The maximum absolute atomic E-state index is 9.96. The topological polar surface area (TPSA) is 63.9 Å². The second-order valence-corrected chi connectivity index (χ2v) is 1.73. The number of rotatable bonds is 1. The summed E-state index contributed by atoms with van der Waals surface area (Å²) in [6.07, 6.45) is 2.66. The number of aromatic amines is 1. The number of hydrogen-bond acceptors (Lipinski definition) is 3. The van der Waals surface area contributed by atoms with Gasteiger partial charge in [-0.1, -0.05) is 0 Å². The van der Waals surface area contributed by atoms with Crippen LogP contribution in [0, 0.1) is 14.9 Å². The highest BCUT2D eigenvalue weighted by Gasteiger charge is 1.99. The van der Waals surface area contributed by atoms with Crippen LogP contribution in [0.2, 0.25) is 0 Å². The van der Waals surface area contributed by atoms with Crippen molar-refractivity contribution in [3.05, 3.63) is 27.3 Å². The number of aromatic nitrogens is 2. The molecule has 1 aromatic heterocycles. The van der Waals surface area contributed by atoms with Crippen LogP contribution in [-0.2, 0) is 0 Å². The summed E-state index contributed by atoms with van der Waals surface area (Å²) < 4.78 is 0.829. The quantitative estimate of drug-likeness (QED) is 0.357. The molecule has 0 atom stereocenters. The Morgan fingerprint density at radius 2 is 2.56 bits per heavy atom. The molecule has 1 N–H and O–H groups in total. The molecule has 0 radical (unpaired) electrons. The summed E-state index contributed by atoms with van der Waals surface area (Å²) in [6.45, 7) is 0. The van der Waals surface area contributed by atoms with Crippen LogP contribution in [0.4, 0.5) is 0 Å². The van der Waals surface area contributed by atoms with Crippen molar-refractivity contribution in [2.24, 2.45) is 0 Å². The minimum Gasteiger partial charge on any atom is -0.332 e. The maximum Gasteiger partial charge on any atom is 0.242 e. The Morgan fingerprint density at radius 1 is 1.89 bits per heavy atom. The smallest absolute Gasteiger partial charge is 0.242 e. The molecule has 0 saturated carbocycles. The SMILES string of the molecule is O=[N+]([O-])n1cc[nH]c1=S. The van der Waals surface area contributed by atoms with Gasteiger partial charge in [-0.05, 0) is 16.9 Å². The molecule has 0 aliphatic heterocycles. The van der Waals surface area contributed by atoms with Gasteiger partial charge in [0.2, 0.25) is 4.77 Å². The Kier molecular flexibility index (Phi) is 1.31. The Labute approximate surface area is 55.1 Å². The van der Waals surface area contributed by atoms with Crippen molar-refractivity contribution in [3.8, 4) is 0 Å². The van der Waals surface area contributed by atoms with Crippen LogP contribution in [0.3, 0.4) is 0 Å². The summed E-state index contributed by atoms with van der Waals surface area (Å²) in [5, 5.41) is 9.37. The lowest BCUT2D eigenvalue weighted by Crippen LogP contribution is -2.06. The van der Waals surface area contributed by atoms with Crippen molar-refractivity contribution in [1.29, 1.82) is 0 Å². The predicted molar refractivity (Wildman–Crippen MR) is 32.0 cm³/mol. The standard InChI is InChI=1S/C3H3N3O2S/c7-6(8)5-2-1-4-3(5)9/h1-2H,(H,4,9). The molecule has 0 bridgehead atoms. The summed E-state index contributed by atoms with van der Waals surface area (Å²) in [6, 6.07) is 0. The number of imidazole rings is 1. The Morgan fingerprint density at radius 3 is 2.78 bits per heavy atom. The third kappa shape index (κ3) is 0.968. The van der Waals surface area contributed by atoms with Crippen molar-refractivity contribution in [2.45, 2.75) is 0 Å². The number of H-pyrrole nitrogens is 1. The van der Waals surface area contributed by atoms with Gasteiger partial charge in [0.15, 0.2) is 5.03 Å². The van der Waals surface area contributed by atoms with E-state index in [9.17, 15) is 10.1 Å². The molecule has 0 aliphatic rings. The van der Waals surface area contributed by atoms with Gasteiger partial charge in [0, 0.05) is 6.20 Å². The number of nitro groups is 1. The minimum atomic E-state index is -0.598. The van der Waals surface area contributed by atoms with Crippen LogP contribution in [0.25, 0.3) is 0 Å². The van der Waals surface area contributed by atoms with E-state index in [0.29, 0.717) is 0 Å². The second kappa shape index (κ2) is 1.98. The number of hydrogen-bond donors (Lipinski definition) is 1. The van der Waals surface area contributed by atoms with Crippen LogP contribution in [0.5, 0.6) is 0 Å². The lowest BCUT2D eigenvalue weighted by Gasteiger charge is -1.83. The molecule has 6 heteroatoms. The summed E-state index contributed by atoms with van der Waals surface area (Å²) in [5.74, 6) is 0. The van der Waals surface area contributed by atoms with Crippen molar-refractivity contribution in [3.63, 3.8) is 0 Å². The van der Waals surface area contributed by atoms with E-state index in [1.165, 1.54) is 12.4 Å². The summed E-state index contributed by atoms with van der Waals surface area (Å²) in [5.41, 5.74) is 0. The Hall–Kier alpha value is -1.17. The van der Waals surface area contributed by atoms with E-state index in [0.717, 1.165) is 4.68 Å². The first-order valence-electron chi connectivity index (χ1n) is 2.12. The molecule has 9 heavy (non-hydrogen) atoms. The fourth-order valence-electron chi connectivity index (χ4n) is 0.442. The van der Waals surface area contributed by atoms with E-state index < -0.39 is 5.03 Å². The molecule has 0 fully saturated rings. The largest absolute Gasteiger partial charge is 0.332 e. The summed E-state index contributed by atoms with van der Waals surface area (Å²) in [4.78, 5) is 12.5. The van der Waals surface area contributed by atoms with E-state index in [1.54, 1.807) is 0 Å². The first kappa shape index (κ1) is 5.96. The average Bonchev–Trinajstić information content (AvgIpc) is 2.13. The number of nitrogens with zero attached hydrogens (tertiary/aromatic N) is 2. The van der Waals surface area contributed by atoms with Gasteiger partial charge < -0.3 is 4.98 Å². The van der Waals surface area contributed by atoms with E-state index in [-0.39, 0.29) is 4.77 Å². The molecular formula is C3H3N3O2S. The van der Waals surface area contributed by atoms with Gasteiger partial charge in [-0.15, -0.1) is 0 Å². The first-order valence-corrected chi connectivity index (χ1v) is 2.53. The molecule has 0 unspecified atom stereocenters. The molecular weight excluding hydrogens is 142 g/mol. The van der Waals surface area contributed by atoms with Gasteiger partial charge in [0.05, 0.1) is 6.20 Å². The van der Waals surface area contributed by atoms with Crippen LogP contribution in [-0.4, -0.2) is 14.7 Å². The van der Waals surface area contributed by atoms with E-state index >= 15 is 0 Å². The summed E-state index contributed by atoms with van der Waals surface area (Å²) in [7, 11) is 0. The van der Waals surface area contributed by atoms with E-state index in [1.807, 2.05) is 0 Å². The zero-order valence-corrected chi connectivity index (χ0v) is 5.09. The van der Waals surface area contributed by atoms with Gasteiger partial charge in [-0.25, -0.2) is 10.1 Å². The predicted octanol–water partition coefficient (Wildman–Crippen LogP) is 0.585. The van der Waals surface area contributed by atoms with Crippen molar-refractivity contribution in [1.82, 2.24) is 9.66 Å². The molecule has 0 saturated heterocycles. The molecule has 0 amide bonds. The van der Waals surface area contributed by atoms with Crippen molar-refractivity contribution >= 4 is 12.2 Å². The third-order valence-electron chi connectivity index (χ3n) is 0.807.